The fourth-order valence-corrected chi connectivity index (χ4v) is 6.36. The van der Waals surface area contributed by atoms with Gasteiger partial charge < -0.3 is 30.9 Å². The molecule has 0 aromatic heterocycles. The summed E-state index contributed by atoms with van der Waals surface area (Å²) in [4.78, 5) is 14.3. The molecule has 2 aliphatic heterocycles. The molecular formula is C21H29N3O4. The number of carbonyl (C=O) groups is 1. The van der Waals surface area contributed by atoms with Crippen molar-refractivity contribution in [2.75, 3.05) is 20.1 Å². The first-order chi connectivity index (χ1) is 13.5. The summed E-state index contributed by atoms with van der Waals surface area (Å²) in [7, 11) is 2.21. The Hall–Kier alpha value is -1.83. The third-order valence-electron chi connectivity index (χ3n) is 7.56. The van der Waals surface area contributed by atoms with Crippen LogP contribution in [0, 0.1) is 5.92 Å². The summed E-state index contributed by atoms with van der Waals surface area (Å²) in [6.45, 7) is 1.31. The van der Waals surface area contributed by atoms with Gasteiger partial charge in [0.1, 0.15) is 6.10 Å². The Labute approximate surface area is 165 Å². The third-order valence-corrected chi connectivity index (χ3v) is 7.56. The average Bonchev–Trinajstić information content (AvgIpc) is 3.02. The highest BCUT2D eigenvalue weighted by molar-refractivity contribution is 5.79. The second kappa shape index (κ2) is 6.34. The maximum atomic E-state index is 11.8. The quantitative estimate of drug-likeness (QED) is 0.670. The number of aliphatic hydroxyl groups is 1. The van der Waals surface area contributed by atoms with E-state index in [1.165, 1.54) is 11.1 Å². The molecule has 1 spiro atoms. The summed E-state index contributed by atoms with van der Waals surface area (Å²) in [6, 6.07) is 4.47. The molecule has 1 aromatic carbocycles. The van der Waals surface area contributed by atoms with Crippen molar-refractivity contribution in [2.45, 2.75) is 61.9 Å². The van der Waals surface area contributed by atoms with Crippen LogP contribution >= 0.6 is 0 Å². The molecule has 2 heterocycles. The predicted molar refractivity (Wildman–Crippen MR) is 103 cm³/mol. The van der Waals surface area contributed by atoms with Gasteiger partial charge in [-0.1, -0.05) is 6.07 Å². The predicted octanol–water partition coefficient (Wildman–Crippen LogP) is 0.298. The minimum absolute atomic E-state index is 0.160. The molecule has 1 amide bonds. The van der Waals surface area contributed by atoms with E-state index in [0.29, 0.717) is 36.4 Å². The molecule has 2 bridgehead atoms. The van der Waals surface area contributed by atoms with E-state index in [2.05, 4.69) is 18.0 Å². The first-order valence-electron chi connectivity index (χ1n) is 10.3. The van der Waals surface area contributed by atoms with E-state index in [9.17, 15) is 9.90 Å². The van der Waals surface area contributed by atoms with Crippen LogP contribution in [-0.2, 0) is 16.6 Å². The molecule has 1 aromatic rings. The summed E-state index contributed by atoms with van der Waals surface area (Å²) in [5.74, 6) is 1.20. The van der Waals surface area contributed by atoms with Crippen molar-refractivity contribution in [1.29, 1.82) is 0 Å². The van der Waals surface area contributed by atoms with Gasteiger partial charge in [0, 0.05) is 23.4 Å². The summed E-state index contributed by atoms with van der Waals surface area (Å²) in [5, 5.41) is 10.8. The number of nitrogens with two attached hydrogens (primary N) is 2. The van der Waals surface area contributed by atoms with Crippen LogP contribution < -0.4 is 20.9 Å². The van der Waals surface area contributed by atoms with Crippen molar-refractivity contribution in [3.8, 4) is 11.5 Å². The Bertz CT molecular complexity index is 815. The molecule has 2 aliphatic carbocycles. The molecule has 0 radical (unpaired) electrons. The SMILES string of the molecule is CN1CC[C@]23c4c5ccc(OC(CCN)C(N)=O)c4O[C@H]2[C@@H](O)CC[C@H]3[C@H]1C5. The zero-order valence-corrected chi connectivity index (χ0v) is 16.3. The number of likely N-dealkylation sites (N-methyl/N-ethyl adjacent to an activating group) is 1. The van der Waals surface area contributed by atoms with Crippen molar-refractivity contribution in [3.63, 3.8) is 0 Å². The molecule has 1 unspecified atom stereocenters. The van der Waals surface area contributed by atoms with Crippen LogP contribution in [0.4, 0.5) is 0 Å². The maximum Gasteiger partial charge on any atom is 0.258 e. The van der Waals surface area contributed by atoms with Crippen molar-refractivity contribution in [1.82, 2.24) is 4.90 Å². The lowest BCUT2D eigenvalue weighted by Gasteiger charge is -2.58. The normalized spacial score (nSPS) is 36.4. The first kappa shape index (κ1) is 18.2. The number of rotatable bonds is 5. The lowest BCUT2D eigenvalue weighted by Crippen LogP contribution is -2.66. The van der Waals surface area contributed by atoms with Crippen LogP contribution in [-0.4, -0.2) is 60.4 Å². The summed E-state index contributed by atoms with van der Waals surface area (Å²) >= 11 is 0. The van der Waals surface area contributed by atoms with Gasteiger partial charge in [0.25, 0.3) is 5.91 Å². The van der Waals surface area contributed by atoms with Gasteiger partial charge in [0.15, 0.2) is 17.6 Å². The lowest BCUT2D eigenvalue weighted by atomic mass is 9.51. The monoisotopic (exact) mass is 387 g/mol. The highest BCUT2D eigenvalue weighted by atomic mass is 16.5. The molecule has 6 atom stereocenters. The number of piperidine rings is 1. The number of likely N-dealkylation sites (tertiary alicyclic amines) is 1. The second-order valence-electron chi connectivity index (χ2n) is 8.85. The van der Waals surface area contributed by atoms with Crippen LogP contribution in [0.25, 0.3) is 0 Å². The maximum absolute atomic E-state index is 11.8. The second-order valence-corrected chi connectivity index (χ2v) is 8.85. The van der Waals surface area contributed by atoms with Crippen molar-refractivity contribution in [2.24, 2.45) is 17.4 Å². The Morgan fingerprint density at radius 1 is 1.46 bits per heavy atom. The van der Waals surface area contributed by atoms with Gasteiger partial charge in [-0.15, -0.1) is 0 Å². The summed E-state index contributed by atoms with van der Waals surface area (Å²) in [5.41, 5.74) is 13.5. The molecule has 1 saturated carbocycles. The van der Waals surface area contributed by atoms with Crippen LogP contribution in [0.2, 0.25) is 0 Å². The molecule has 7 heteroatoms. The molecule has 1 saturated heterocycles. The number of hydrogen-bond donors (Lipinski definition) is 3. The fraction of sp³-hybridized carbons (Fsp3) is 0.667. The fourth-order valence-electron chi connectivity index (χ4n) is 6.36. The molecular weight excluding hydrogens is 358 g/mol. The van der Waals surface area contributed by atoms with Gasteiger partial charge >= 0.3 is 0 Å². The molecule has 152 valence electrons. The van der Waals surface area contributed by atoms with Crippen LogP contribution in [0.3, 0.4) is 0 Å². The zero-order valence-electron chi connectivity index (χ0n) is 16.3. The van der Waals surface area contributed by atoms with Crippen molar-refractivity contribution >= 4 is 5.91 Å². The van der Waals surface area contributed by atoms with Crippen molar-refractivity contribution < 1.29 is 19.4 Å². The van der Waals surface area contributed by atoms with Crippen LogP contribution in [0.1, 0.15) is 36.8 Å². The molecule has 4 aliphatic rings. The molecule has 5 rings (SSSR count). The molecule has 5 N–H and O–H groups in total. The van der Waals surface area contributed by atoms with Crippen molar-refractivity contribution in [3.05, 3.63) is 23.3 Å². The minimum Gasteiger partial charge on any atom is -0.483 e. The van der Waals surface area contributed by atoms with E-state index in [1.54, 1.807) is 0 Å². The van der Waals surface area contributed by atoms with Gasteiger partial charge in [0.05, 0.1) is 6.10 Å². The van der Waals surface area contributed by atoms with E-state index in [1.807, 2.05) is 6.07 Å². The highest BCUT2D eigenvalue weighted by Crippen LogP contribution is 2.63. The van der Waals surface area contributed by atoms with Gasteiger partial charge in [0.2, 0.25) is 0 Å². The van der Waals surface area contributed by atoms with E-state index < -0.39 is 18.1 Å². The van der Waals surface area contributed by atoms with E-state index >= 15 is 0 Å². The standard InChI is InChI=1S/C21H29N3O4/c1-24-9-7-21-12-3-4-14(25)19(21)28-18-15(27-16(6-8-22)20(23)26)5-2-11(17(18)21)10-13(12)24/h2,5,12-14,16,19,25H,3-4,6-10,22H2,1H3,(H2,23,26)/t12-,13+,14-,16?,19-,21-/m0/s1. The summed E-state index contributed by atoms with van der Waals surface area (Å²) < 4.78 is 12.4. The largest absolute Gasteiger partial charge is 0.483 e. The number of hydrogen-bond acceptors (Lipinski definition) is 6. The first-order valence-corrected chi connectivity index (χ1v) is 10.3. The van der Waals surface area contributed by atoms with E-state index in [0.717, 1.165) is 32.2 Å². The van der Waals surface area contributed by atoms with Gasteiger partial charge in [-0.3, -0.25) is 4.79 Å². The van der Waals surface area contributed by atoms with E-state index in [4.69, 9.17) is 20.9 Å². The number of amides is 1. The smallest absolute Gasteiger partial charge is 0.258 e. The number of ether oxygens (including phenoxy) is 2. The Morgan fingerprint density at radius 2 is 2.29 bits per heavy atom. The summed E-state index contributed by atoms with van der Waals surface area (Å²) in [6.07, 6.45) is 2.58. The molecule has 2 fully saturated rings. The minimum atomic E-state index is -0.780. The molecule has 28 heavy (non-hydrogen) atoms. The van der Waals surface area contributed by atoms with Crippen LogP contribution in [0.15, 0.2) is 12.1 Å². The van der Waals surface area contributed by atoms with Gasteiger partial charge in [-0.2, -0.15) is 0 Å². The zero-order chi connectivity index (χ0) is 19.6. The number of benzene rings is 1. The van der Waals surface area contributed by atoms with Gasteiger partial charge in [-0.25, -0.2) is 0 Å². The average molecular weight is 387 g/mol. The lowest BCUT2D eigenvalue weighted by molar-refractivity contribution is -0.125. The van der Waals surface area contributed by atoms with Crippen LogP contribution in [0.5, 0.6) is 11.5 Å². The van der Waals surface area contributed by atoms with Gasteiger partial charge in [-0.05, 0) is 63.4 Å². The topological polar surface area (TPSA) is 111 Å². The molecule has 7 nitrogen and oxygen atoms in total. The number of nitrogens with zero attached hydrogens (tertiary/aromatic N) is 1. The third kappa shape index (κ3) is 2.30. The number of carbonyl (C=O) groups excluding carboxylic acids is 1. The van der Waals surface area contributed by atoms with E-state index in [-0.39, 0.29) is 11.5 Å². The number of aliphatic hydroxyl groups excluding tert-OH is 1. The Kier molecular flexibility index (Phi) is 4.12. The Morgan fingerprint density at radius 3 is 3.04 bits per heavy atom. The number of primary amides is 1. The highest BCUT2D eigenvalue weighted by Gasteiger charge is 2.65. The Balaban J connectivity index is 1.62.